The smallest absolute Gasteiger partial charge is 0.256 e. The predicted molar refractivity (Wildman–Crippen MR) is 115 cm³/mol. The van der Waals surface area contributed by atoms with Crippen molar-refractivity contribution in [3.63, 3.8) is 0 Å². The molecule has 3 aromatic rings. The van der Waals surface area contributed by atoms with E-state index >= 15 is 0 Å². The van der Waals surface area contributed by atoms with Gasteiger partial charge in [0.2, 0.25) is 0 Å². The summed E-state index contributed by atoms with van der Waals surface area (Å²) >= 11 is 1.46. The van der Waals surface area contributed by atoms with Crippen LogP contribution in [0.25, 0.3) is 0 Å². The third-order valence-corrected chi connectivity index (χ3v) is 6.28. The van der Waals surface area contributed by atoms with E-state index in [1.54, 1.807) is 24.3 Å². The molecule has 0 bridgehead atoms. The number of ether oxygens (including phenoxy) is 1. The van der Waals surface area contributed by atoms with Gasteiger partial charge in [-0.05, 0) is 67.1 Å². The van der Waals surface area contributed by atoms with Crippen molar-refractivity contribution in [1.82, 2.24) is 0 Å². The zero-order valence-electron chi connectivity index (χ0n) is 16.1. The van der Waals surface area contributed by atoms with Crippen molar-refractivity contribution in [1.29, 1.82) is 0 Å². The first-order chi connectivity index (χ1) is 14.0. The molecule has 4 rings (SSSR count). The minimum Gasteiger partial charge on any atom is -0.457 e. The minimum atomic E-state index is -0.487. The number of aryl methyl sites for hydroxylation is 1. The van der Waals surface area contributed by atoms with Crippen molar-refractivity contribution in [2.75, 3.05) is 5.32 Å². The zero-order chi connectivity index (χ0) is 20.4. The predicted octanol–water partition coefficient (Wildman–Crippen LogP) is 5.02. The molecule has 0 radical (unpaired) electrons. The van der Waals surface area contributed by atoms with Crippen molar-refractivity contribution in [3.05, 3.63) is 76.2 Å². The van der Waals surface area contributed by atoms with Gasteiger partial charge in [-0.25, -0.2) is 0 Å². The van der Waals surface area contributed by atoms with Gasteiger partial charge in [0.05, 0.1) is 5.56 Å². The van der Waals surface area contributed by atoms with E-state index in [1.165, 1.54) is 11.3 Å². The zero-order valence-corrected chi connectivity index (χ0v) is 16.9. The van der Waals surface area contributed by atoms with Gasteiger partial charge in [-0.1, -0.05) is 25.1 Å². The summed E-state index contributed by atoms with van der Waals surface area (Å²) in [4.78, 5) is 25.9. The Balaban J connectivity index is 1.52. The highest BCUT2D eigenvalue weighted by Gasteiger charge is 2.27. The lowest BCUT2D eigenvalue weighted by Gasteiger charge is -2.18. The van der Waals surface area contributed by atoms with E-state index in [0.29, 0.717) is 27.8 Å². The molecule has 3 N–H and O–H groups in total. The summed E-state index contributed by atoms with van der Waals surface area (Å²) in [6.07, 6.45) is 2.83. The van der Waals surface area contributed by atoms with Crippen LogP contribution in [0.5, 0.6) is 11.5 Å². The van der Waals surface area contributed by atoms with Crippen molar-refractivity contribution < 1.29 is 14.3 Å². The second-order valence-electron chi connectivity index (χ2n) is 7.31. The number of hydrogen-bond acceptors (Lipinski definition) is 4. The molecule has 0 spiro atoms. The van der Waals surface area contributed by atoms with E-state index in [4.69, 9.17) is 10.5 Å². The Morgan fingerprint density at radius 2 is 1.76 bits per heavy atom. The first-order valence-corrected chi connectivity index (χ1v) is 10.4. The SMILES string of the molecule is CC1CCc2sc(NC(=O)c3ccc(Oc4ccccc4)cc3)c(C(N)=O)c2C1. The Morgan fingerprint density at radius 3 is 2.45 bits per heavy atom. The summed E-state index contributed by atoms with van der Waals surface area (Å²) in [5, 5.41) is 3.43. The number of rotatable bonds is 5. The summed E-state index contributed by atoms with van der Waals surface area (Å²) in [6.45, 7) is 2.17. The lowest BCUT2D eigenvalue weighted by Crippen LogP contribution is -2.19. The Labute approximate surface area is 173 Å². The standard InChI is InChI=1S/C23H22N2O3S/c1-14-7-12-19-18(13-14)20(21(24)26)23(29-19)25-22(27)15-8-10-17(11-9-15)28-16-5-3-2-4-6-16/h2-6,8-11,14H,7,12-13H2,1H3,(H2,24,26)(H,25,27). The molecule has 5 nitrogen and oxygen atoms in total. The first-order valence-electron chi connectivity index (χ1n) is 9.60. The normalized spacial score (nSPS) is 15.4. The van der Waals surface area contributed by atoms with Gasteiger partial charge >= 0.3 is 0 Å². The van der Waals surface area contributed by atoms with Gasteiger partial charge in [0.15, 0.2) is 0 Å². The van der Waals surface area contributed by atoms with Gasteiger partial charge in [-0.2, -0.15) is 0 Å². The van der Waals surface area contributed by atoms with E-state index in [2.05, 4.69) is 12.2 Å². The van der Waals surface area contributed by atoms with Crippen molar-refractivity contribution >= 4 is 28.2 Å². The van der Waals surface area contributed by atoms with Gasteiger partial charge in [-0.3, -0.25) is 9.59 Å². The van der Waals surface area contributed by atoms with Crippen LogP contribution in [0.1, 0.15) is 44.5 Å². The van der Waals surface area contributed by atoms with E-state index < -0.39 is 5.91 Å². The summed E-state index contributed by atoms with van der Waals surface area (Å²) in [5.74, 6) is 1.13. The van der Waals surface area contributed by atoms with Gasteiger partial charge < -0.3 is 15.8 Å². The van der Waals surface area contributed by atoms with Crippen molar-refractivity contribution in [2.24, 2.45) is 11.7 Å². The van der Waals surface area contributed by atoms with Gasteiger partial charge in [0.25, 0.3) is 11.8 Å². The second-order valence-corrected chi connectivity index (χ2v) is 8.42. The van der Waals surface area contributed by atoms with Crippen LogP contribution in [-0.2, 0) is 12.8 Å². The number of amides is 2. The maximum Gasteiger partial charge on any atom is 0.256 e. The fraction of sp³-hybridized carbons (Fsp3) is 0.217. The average Bonchev–Trinajstić information content (AvgIpc) is 3.06. The van der Waals surface area contributed by atoms with E-state index in [-0.39, 0.29) is 5.91 Å². The van der Waals surface area contributed by atoms with Crippen LogP contribution in [0, 0.1) is 5.92 Å². The summed E-state index contributed by atoms with van der Waals surface area (Å²) in [6, 6.07) is 16.3. The number of thiophene rings is 1. The van der Waals surface area contributed by atoms with E-state index in [0.717, 1.165) is 35.5 Å². The monoisotopic (exact) mass is 406 g/mol. The summed E-state index contributed by atoms with van der Waals surface area (Å²) in [5.41, 5.74) is 7.59. The molecule has 29 heavy (non-hydrogen) atoms. The fourth-order valence-corrected chi connectivity index (χ4v) is 4.83. The van der Waals surface area contributed by atoms with E-state index in [9.17, 15) is 9.59 Å². The third-order valence-electron chi connectivity index (χ3n) is 5.08. The highest BCUT2D eigenvalue weighted by Crippen LogP contribution is 2.39. The molecule has 0 saturated heterocycles. The molecule has 1 heterocycles. The first kappa shape index (κ1) is 19.2. The van der Waals surface area contributed by atoms with Gasteiger partial charge in [-0.15, -0.1) is 11.3 Å². The molecule has 1 aliphatic carbocycles. The molecule has 0 fully saturated rings. The molecule has 1 unspecified atom stereocenters. The second kappa shape index (κ2) is 8.09. The Kier molecular flexibility index (Phi) is 5.36. The third kappa shape index (κ3) is 4.17. The van der Waals surface area contributed by atoms with Crippen LogP contribution >= 0.6 is 11.3 Å². The quantitative estimate of drug-likeness (QED) is 0.624. The largest absolute Gasteiger partial charge is 0.457 e. The van der Waals surface area contributed by atoms with Crippen LogP contribution in [-0.4, -0.2) is 11.8 Å². The number of para-hydroxylation sites is 1. The van der Waals surface area contributed by atoms with Crippen LogP contribution < -0.4 is 15.8 Å². The Hall–Kier alpha value is -3.12. The number of anilines is 1. The molecule has 1 atom stereocenters. The van der Waals surface area contributed by atoms with Crippen LogP contribution in [0.2, 0.25) is 0 Å². The van der Waals surface area contributed by atoms with Crippen molar-refractivity contribution in [2.45, 2.75) is 26.2 Å². The molecule has 0 saturated carbocycles. The maximum absolute atomic E-state index is 12.7. The van der Waals surface area contributed by atoms with Crippen LogP contribution in [0.3, 0.4) is 0 Å². The average molecular weight is 407 g/mol. The molecule has 2 amide bonds. The lowest BCUT2D eigenvalue weighted by molar-refractivity contribution is 0.1000. The summed E-state index contributed by atoms with van der Waals surface area (Å²) in [7, 11) is 0. The number of hydrogen-bond donors (Lipinski definition) is 2. The Bertz CT molecular complexity index is 1040. The highest BCUT2D eigenvalue weighted by molar-refractivity contribution is 7.17. The molecular weight excluding hydrogens is 384 g/mol. The minimum absolute atomic E-state index is 0.273. The molecule has 6 heteroatoms. The Morgan fingerprint density at radius 1 is 1.07 bits per heavy atom. The number of carbonyl (C=O) groups is 2. The topological polar surface area (TPSA) is 81.4 Å². The maximum atomic E-state index is 12.7. The lowest BCUT2D eigenvalue weighted by atomic mass is 9.87. The van der Waals surface area contributed by atoms with Crippen LogP contribution in [0.15, 0.2) is 54.6 Å². The molecule has 1 aliphatic rings. The molecular formula is C23H22N2O3S. The van der Waals surface area contributed by atoms with Gasteiger partial charge in [0, 0.05) is 10.4 Å². The fourth-order valence-electron chi connectivity index (χ4n) is 3.58. The number of nitrogens with two attached hydrogens (primary N) is 1. The molecule has 2 aromatic carbocycles. The van der Waals surface area contributed by atoms with E-state index in [1.807, 2.05) is 30.3 Å². The number of primary amides is 1. The number of fused-ring (bicyclic) bond motifs is 1. The molecule has 148 valence electrons. The number of benzene rings is 2. The van der Waals surface area contributed by atoms with Gasteiger partial charge in [0.1, 0.15) is 16.5 Å². The highest BCUT2D eigenvalue weighted by atomic mass is 32.1. The molecule has 1 aromatic heterocycles. The van der Waals surface area contributed by atoms with Crippen molar-refractivity contribution in [3.8, 4) is 11.5 Å². The van der Waals surface area contributed by atoms with Crippen LogP contribution in [0.4, 0.5) is 5.00 Å². The summed E-state index contributed by atoms with van der Waals surface area (Å²) < 4.78 is 5.76. The number of carbonyl (C=O) groups excluding carboxylic acids is 2. The number of nitrogens with one attached hydrogen (secondary N) is 1. The molecule has 0 aliphatic heterocycles.